The van der Waals surface area contributed by atoms with Crippen molar-refractivity contribution in [3.05, 3.63) is 82.0 Å². The number of methoxy groups -OCH3 is 2. The second-order valence-electron chi connectivity index (χ2n) is 8.04. The Morgan fingerprint density at radius 3 is 2.29 bits per heavy atom. The first kappa shape index (κ1) is 23.9. The Morgan fingerprint density at radius 1 is 0.857 bits per heavy atom. The maximum Gasteiger partial charge on any atom is 0.314 e. The monoisotopic (exact) mass is 474 g/mol. The zero-order valence-electron chi connectivity index (χ0n) is 20.0. The number of hydrogen-bond donors (Lipinski definition) is 0. The summed E-state index contributed by atoms with van der Waals surface area (Å²) in [6.45, 7) is 3.98. The van der Waals surface area contributed by atoms with Crippen molar-refractivity contribution in [1.82, 2.24) is 0 Å². The zero-order chi connectivity index (χ0) is 24.9. The van der Waals surface area contributed by atoms with Crippen molar-refractivity contribution in [2.75, 3.05) is 20.8 Å². The van der Waals surface area contributed by atoms with E-state index >= 15 is 0 Å². The summed E-state index contributed by atoms with van der Waals surface area (Å²) < 4.78 is 28.0. The van der Waals surface area contributed by atoms with Crippen LogP contribution in [0.25, 0.3) is 22.3 Å². The molecule has 4 aromatic rings. The van der Waals surface area contributed by atoms with Crippen LogP contribution in [-0.2, 0) is 4.79 Å². The van der Waals surface area contributed by atoms with E-state index < -0.39 is 11.4 Å². The van der Waals surface area contributed by atoms with Crippen molar-refractivity contribution in [3.63, 3.8) is 0 Å². The number of rotatable bonds is 8. The van der Waals surface area contributed by atoms with E-state index in [-0.39, 0.29) is 24.5 Å². The molecule has 0 aliphatic rings. The number of carbonyl (C=O) groups excluding carboxylic acids is 1. The Labute approximate surface area is 202 Å². The molecule has 0 radical (unpaired) electrons. The summed E-state index contributed by atoms with van der Waals surface area (Å²) in [7, 11) is 3.04. The average Bonchev–Trinajstić information content (AvgIpc) is 2.86. The second-order valence-corrected chi connectivity index (χ2v) is 8.04. The third kappa shape index (κ3) is 5.30. The highest BCUT2D eigenvalue weighted by Gasteiger charge is 2.22. The van der Waals surface area contributed by atoms with Crippen molar-refractivity contribution in [2.45, 2.75) is 20.3 Å². The molecule has 35 heavy (non-hydrogen) atoms. The quantitative estimate of drug-likeness (QED) is 0.313. The Bertz CT molecular complexity index is 1420. The molecule has 7 heteroatoms. The van der Waals surface area contributed by atoms with Gasteiger partial charge in [-0.15, -0.1) is 0 Å². The first-order valence-corrected chi connectivity index (χ1v) is 11.1. The fourth-order valence-electron chi connectivity index (χ4n) is 3.60. The molecule has 4 rings (SSSR count). The van der Waals surface area contributed by atoms with E-state index in [1.807, 2.05) is 38.1 Å². The molecule has 0 N–H and O–H groups in total. The average molecular weight is 475 g/mol. The first-order valence-electron chi connectivity index (χ1n) is 11.1. The molecule has 0 spiro atoms. The van der Waals surface area contributed by atoms with Crippen LogP contribution < -0.4 is 24.4 Å². The third-order valence-corrected chi connectivity index (χ3v) is 5.46. The Morgan fingerprint density at radius 2 is 1.57 bits per heavy atom. The Kier molecular flexibility index (Phi) is 7.06. The van der Waals surface area contributed by atoms with Crippen LogP contribution >= 0.6 is 0 Å². The van der Waals surface area contributed by atoms with E-state index in [9.17, 15) is 9.59 Å². The molecule has 0 bridgehead atoms. The lowest BCUT2D eigenvalue weighted by Crippen LogP contribution is -2.18. The lowest BCUT2D eigenvalue weighted by molar-refractivity contribution is -0.135. The van der Waals surface area contributed by atoms with Gasteiger partial charge in [0.2, 0.25) is 11.2 Å². The number of ether oxygens (including phenoxy) is 4. The molecule has 0 unspecified atom stereocenters. The summed E-state index contributed by atoms with van der Waals surface area (Å²) in [6.07, 6.45) is -0.0510. The van der Waals surface area contributed by atoms with Crippen molar-refractivity contribution in [3.8, 4) is 34.3 Å². The largest absolute Gasteiger partial charge is 0.493 e. The van der Waals surface area contributed by atoms with Gasteiger partial charge in [0.1, 0.15) is 11.3 Å². The van der Waals surface area contributed by atoms with Gasteiger partial charge in [-0.05, 0) is 61.9 Å². The van der Waals surface area contributed by atoms with Gasteiger partial charge in [-0.3, -0.25) is 9.59 Å². The standard InChI is InChI=1S/C28H26O7/c1-17-5-9-20(10-6-17)33-14-13-25(29)35-28-26(30)21-11-7-18(2)15-23(21)34-27(28)19-8-12-22(31-3)24(16-19)32-4/h5-12,15-16H,13-14H2,1-4H3. The predicted molar refractivity (Wildman–Crippen MR) is 133 cm³/mol. The van der Waals surface area contributed by atoms with Gasteiger partial charge < -0.3 is 23.4 Å². The van der Waals surface area contributed by atoms with E-state index in [0.717, 1.165) is 11.1 Å². The number of fused-ring (bicyclic) bond motifs is 1. The summed E-state index contributed by atoms with van der Waals surface area (Å²) in [5.74, 6) is 0.936. The molecule has 0 amide bonds. The predicted octanol–water partition coefficient (Wildman–Crippen LogP) is 5.47. The molecule has 0 atom stereocenters. The van der Waals surface area contributed by atoms with Gasteiger partial charge in [0.15, 0.2) is 17.3 Å². The summed E-state index contributed by atoms with van der Waals surface area (Å²) >= 11 is 0. The molecule has 3 aromatic carbocycles. The molecule has 0 aliphatic heterocycles. The molecular weight excluding hydrogens is 448 g/mol. The minimum atomic E-state index is -0.613. The summed E-state index contributed by atoms with van der Waals surface area (Å²) in [6, 6.07) is 17.8. The summed E-state index contributed by atoms with van der Waals surface area (Å²) in [5.41, 5.74) is 2.49. The number of benzene rings is 3. The molecule has 0 saturated carbocycles. The van der Waals surface area contributed by atoms with Gasteiger partial charge in [0.25, 0.3) is 0 Å². The number of esters is 1. The molecule has 7 nitrogen and oxygen atoms in total. The Balaban J connectivity index is 1.67. The van der Waals surface area contributed by atoms with Crippen molar-refractivity contribution in [2.24, 2.45) is 0 Å². The van der Waals surface area contributed by atoms with Crippen LogP contribution in [0.5, 0.6) is 23.0 Å². The second kappa shape index (κ2) is 10.3. The van der Waals surface area contributed by atoms with Crippen molar-refractivity contribution >= 4 is 16.9 Å². The lowest BCUT2D eigenvalue weighted by Gasteiger charge is -2.13. The van der Waals surface area contributed by atoms with Crippen LogP contribution in [0.15, 0.2) is 69.9 Å². The lowest BCUT2D eigenvalue weighted by atomic mass is 10.1. The molecular formula is C28H26O7. The van der Waals surface area contributed by atoms with Crippen LogP contribution in [0.3, 0.4) is 0 Å². The summed E-state index contributed by atoms with van der Waals surface area (Å²) in [5, 5.41) is 0.318. The molecule has 1 aromatic heterocycles. The highest BCUT2D eigenvalue weighted by molar-refractivity contribution is 5.85. The van der Waals surface area contributed by atoms with Crippen molar-refractivity contribution < 1.29 is 28.2 Å². The smallest absolute Gasteiger partial charge is 0.314 e. The molecule has 0 fully saturated rings. The van der Waals surface area contributed by atoms with Crippen LogP contribution in [0, 0.1) is 13.8 Å². The fourth-order valence-corrected chi connectivity index (χ4v) is 3.60. The topological polar surface area (TPSA) is 84.2 Å². The van der Waals surface area contributed by atoms with Crippen LogP contribution in [0.2, 0.25) is 0 Å². The van der Waals surface area contributed by atoms with E-state index in [4.69, 9.17) is 23.4 Å². The van der Waals surface area contributed by atoms with Crippen molar-refractivity contribution in [1.29, 1.82) is 0 Å². The van der Waals surface area contributed by atoms with E-state index in [1.165, 1.54) is 14.2 Å². The maximum absolute atomic E-state index is 13.3. The van der Waals surface area contributed by atoms with Crippen LogP contribution in [0.1, 0.15) is 17.5 Å². The van der Waals surface area contributed by atoms with Gasteiger partial charge in [0, 0.05) is 5.56 Å². The molecule has 0 aliphatic carbocycles. The highest BCUT2D eigenvalue weighted by atomic mass is 16.5. The van der Waals surface area contributed by atoms with Gasteiger partial charge in [0.05, 0.1) is 32.6 Å². The van der Waals surface area contributed by atoms with E-state index in [1.54, 1.807) is 36.4 Å². The number of carbonyl (C=O) groups is 1. The minimum absolute atomic E-state index is 0.0510. The van der Waals surface area contributed by atoms with E-state index in [0.29, 0.717) is 33.8 Å². The number of aryl methyl sites for hydroxylation is 2. The zero-order valence-corrected chi connectivity index (χ0v) is 20.0. The highest BCUT2D eigenvalue weighted by Crippen LogP contribution is 2.37. The maximum atomic E-state index is 13.3. The third-order valence-electron chi connectivity index (χ3n) is 5.46. The summed E-state index contributed by atoms with van der Waals surface area (Å²) in [4.78, 5) is 26.0. The molecule has 0 saturated heterocycles. The molecule has 1 heterocycles. The van der Waals surface area contributed by atoms with Crippen LogP contribution in [-0.4, -0.2) is 26.8 Å². The molecule has 180 valence electrons. The fraction of sp³-hybridized carbons (Fsp3) is 0.214. The van der Waals surface area contributed by atoms with Gasteiger partial charge >= 0.3 is 5.97 Å². The van der Waals surface area contributed by atoms with Gasteiger partial charge in [-0.25, -0.2) is 0 Å². The van der Waals surface area contributed by atoms with Gasteiger partial charge in [-0.2, -0.15) is 0 Å². The number of hydrogen-bond acceptors (Lipinski definition) is 7. The SMILES string of the molecule is COc1ccc(-c2oc3cc(C)ccc3c(=O)c2OC(=O)CCOc2ccc(C)cc2)cc1OC. The van der Waals surface area contributed by atoms with Gasteiger partial charge in [-0.1, -0.05) is 23.8 Å². The normalized spacial score (nSPS) is 10.7. The van der Waals surface area contributed by atoms with Crippen LogP contribution in [0.4, 0.5) is 0 Å². The minimum Gasteiger partial charge on any atom is -0.493 e. The van der Waals surface area contributed by atoms with E-state index in [2.05, 4.69) is 0 Å². The Hall–Kier alpha value is -4.26. The first-order chi connectivity index (χ1) is 16.9.